The Balaban J connectivity index is 1.21. The number of nitrogens with two attached hydrogens (primary N) is 1. The zero-order valence-corrected chi connectivity index (χ0v) is 27.2. The lowest BCUT2D eigenvalue weighted by Gasteiger charge is -2.26. The molecule has 3 aromatic carbocycles. The number of anilines is 4. The summed E-state index contributed by atoms with van der Waals surface area (Å²) in [4.78, 5) is 33.6. The first kappa shape index (κ1) is 32.0. The van der Waals surface area contributed by atoms with E-state index < -0.39 is 0 Å². The summed E-state index contributed by atoms with van der Waals surface area (Å²) in [5, 5.41) is 16.6. The number of fused-ring (bicyclic) bond motifs is 1. The first-order valence-electron chi connectivity index (χ1n) is 15.8. The summed E-state index contributed by atoms with van der Waals surface area (Å²) in [5.74, 6) is 1.18. The largest absolute Gasteiger partial charge is 0.392 e. The van der Waals surface area contributed by atoms with Crippen LogP contribution in [0.25, 0.3) is 22.4 Å². The zero-order chi connectivity index (χ0) is 33.1. The van der Waals surface area contributed by atoms with Crippen LogP contribution in [0, 0.1) is 6.92 Å². The third-order valence-electron chi connectivity index (χ3n) is 8.43. The van der Waals surface area contributed by atoms with Crippen LogP contribution in [0.3, 0.4) is 0 Å². The summed E-state index contributed by atoms with van der Waals surface area (Å²) >= 11 is 0. The second-order valence-corrected chi connectivity index (χ2v) is 12.7. The molecule has 12 nitrogen and oxygen atoms in total. The Morgan fingerprint density at radius 3 is 2.47 bits per heavy atom. The van der Waals surface area contributed by atoms with Gasteiger partial charge in [-0.1, -0.05) is 45.0 Å². The van der Waals surface area contributed by atoms with E-state index in [0.717, 1.165) is 67.5 Å². The number of hydrogen-bond acceptors (Lipinski definition) is 10. The number of carbonyl (C=O) groups is 1. The number of morpholine rings is 1. The van der Waals surface area contributed by atoms with Gasteiger partial charge in [0.25, 0.3) is 5.91 Å². The van der Waals surface area contributed by atoms with Crippen LogP contribution in [0.15, 0.2) is 60.7 Å². The lowest BCUT2D eigenvalue weighted by atomic mass is 9.86. The Hall–Kier alpha value is -4.91. The summed E-state index contributed by atoms with van der Waals surface area (Å²) in [6.45, 7) is 13.3. The van der Waals surface area contributed by atoms with Crippen molar-refractivity contribution in [2.75, 3.05) is 49.2 Å². The molecule has 1 aliphatic heterocycles. The molecule has 2 aromatic heterocycles. The van der Waals surface area contributed by atoms with Gasteiger partial charge in [0.2, 0.25) is 11.9 Å². The van der Waals surface area contributed by atoms with E-state index in [1.807, 2.05) is 37.3 Å². The highest BCUT2D eigenvalue weighted by Gasteiger charge is 2.19. The van der Waals surface area contributed by atoms with E-state index >= 15 is 0 Å². The maximum atomic E-state index is 13.1. The van der Waals surface area contributed by atoms with Crippen molar-refractivity contribution in [2.24, 2.45) is 0 Å². The van der Waals surface area contributed by atoms with Gasteiger partial charge in [0.05, 0.1) is 30.9 Å². The molecule has 0 atom stereocenters. The number of nitrogens with one attached hydrogen (secondary N) is 2. The molecule has 0 bridgehead atoms. The number of imidazole rings is 1. The van der Waals surface area contributed by atoms with Gasteiger partial charge in [-0.2, -0.15) is 15.0 Å². The summed E-state index contributed by atoms with van der Waals surface area (Å²) < 4.78 is 7.71. The van der Waals surface area contributed by atoms with Crippen LogP contribution in [0.2, 0.25) is 0 Å². The number of carbonyl (C=O) groups excluding carboxylic acids is 1. The van der Waals surface area contributed by atoms with Crippen molar-refractivity contribution < 1.29 is 14.6 Å². The number of ether oxygens (including phenoxy) is 1. The summed E-state index contributed by atoms with van der Waals surface area (Å²) in [6.07, 6.45) is 0. The SMILES string of the molecule is Cc1nc2cc(Nc3nc(N)nc(-c4cccc(NC(=O)c5ccc(C(C)(C)C)cc5)c4CO)n3)ccc2n1CCN1CCOCC1. The molecule has 1 saturated heterocycles. The van der Waals surface area contributed by atoms with Gasteiger partial charge >= 0.3 is 0 Å². The lowest BCUT2D eigenvalue weighted by Crippen LogP contribution is -2.38. The van der Waals surface area contributed by atoms with Gasteiger partial charge in [-0.25, -0.2) is 4.98 Å². The van der Waals surface area contributed by atoms with E-state index in [9.17, 15) is 9.90 Å². The van der Waals surface area contributed by atoms with Crippen LogP contribution in [0.1, 0.15) is 48.1 Å². The monoisotopic (exact) mass is 635 g/mol. The minimum atomic E-state index is -0.354. The van der Waals surface area contributed by atoms with Crippen molar-refractivity contribution in [1.29, 1.82) is 0 Å². The number of aliphatic hydroxyl groups is 1. The molecule has 0 spiro atoms. The molecule has 0 radical (unpaired) electrons. The third kappa shape index (κ3) is 7.25. The van der Waals surface area contributed by atoms with Crippen LogP contribution in [0.5, 0.6) is 0 Å². The Labute approximate surface area is 274 Å². The molecule has 6 rings (SSSR count). The molecule has 0 aliphatic carbocycles. The standard InChI is InChI=1S/C35H41N9O3/c1-22-37-29-20-25(12-13-30(29)44(22)15-14-43-16-18-47-19-17-43)38-34-41-31(40-33(36)42-34)26-6-5-7-28(27(26)21-45)39-32(46)23-8-10-24(11-9-23)35(2,3)4/h5-13,20,45H,14-19,21H2,1-4H3,(H,39,46)(H3,36,38,40,41,42). The molecule has 47 heavy (non-hydrogen) atoms. The quantitative estimate of drug-likeness (QED) is 0.176. The van der Waals surface area contributed by atoms with Gasteiger partial charge in [0.15, 0.2) is 5.82 Å². The minimum absolute atomic E-state index is 0.0130. The van der Waals surface area contributed by atoms with Crippen molar-refractivity contribution in [3.05, 3.63) is 83.2 Å². The van der Waals surface area contributed by atoms with Crippen LogP contribution in [0.4, 0.5) is 23.3 Å². The van der Waals surface area contributed by atoms with E-state index in [4.69, 9.17) is 15.5 Å². The van der Waals surface area contributed by atoms with Gasteiger partial charge in [-0.15, -0.1) is 0 Å². The van der Waals surface area contributed by atoms with Crippen LogP contribution >= 0.6 is 0 Å². The molecule has 12 heteroatoms. The molecule has 0 unspecified atom stereocenters. The van der Waals surface area contributed by atoms with E-state index in [1.54, 1.807) is 30.3 Å². The van der Waals surface area contributed by atoms with Gasteiger partial charge in [0.1, 0.15) is 5.82 Å². The average Bonchev–Trinajstić information content (AvgIpc) is 3.37. The van der Waals surface area contributed by atoms with Crippen molar-refractivity contribution in [2.45, 2.75) is 46.3 Å². The molecule has 1 fully saturated rings. The summed E-state index contributed by atoms with van der Waals surface area (Å²) in [6, 6.07) is 18.7. The lowest BCUT2D eigenvalue weighted by molar-refractivity contribution is 0.0364. The highest BCUT2D eigenvalue weighted by atomic mass is 16.5. The number of rotatable bonds is 9. The number of aliphatic hydroxyl groups excluding tert-OH is 1. The Kier molecular flexibility index (Phi) is 9.17. The first-order valence-corrected chi connectivity index (χ1v) is 15.8. The molecule has 1 aliphatic rings. The van der Waals surface area contributed by atoms with E-state index in [1.165, 1.54) is 0 Å². The number of aromatic nitrogens is 5. The fourth-order valence-corrected chi connectivity index (χ4v) is 5.77. The second-order valence-electron chi connectivity index (χ2n) is 12.7. The smallest absolute Gasteiger partial charge is 0.255 e. The van der Waals surface area contributed by atoms with Gasteiger partial charge < -0.3 is 30.8 Å². The van der Waals surface area contributed by atoms with Gasteiger partial charge in [-0.3, -0.25) is 9.69 Å². The summed E-state index contributed by atoms with van der Waals surface area (Å²) in [5.41, 5.74) is 11.8. The Bertz CT molecular complexity index is 1890. The molecule has 1 amide bonds. The predicted octanol–water partition coefficient (Wildman–Crippen LogP) is 4.90. The zero-order valence-electron chi connectivity index (χ0n) is 27.2. The molecule has 5 aromatic rings. The van der Waals surface area contributed by atoms with Gasteiger partial charge in [-0.05, 0) is 54.3 Å². The van der Waals surface area contributed by atoms with E-state index in [-0.39, 0.29) is 35.7 Å². The number of benzene rings is 3. The number of aryl methyl sites for hydroxylation is 1. The van der Waals surface area contributed by atoms with Crippen LogP contribution in [-0.2, 0) is 23.3 Å². The minimum Gasteiger partial charge on any atom is -0.392 e. The maximum absolute atomic E-state index is 13.1. The second kappa shape index (κ2) is 13.4. The fourth-order valence-electron chi connectivity index (χ4n) is 5.77. The van der Waals surface area contributed by atoms with Crippen LogP contribution in [-0.4, -0.2) is 73.3 Å². The number of hydrogen-bond donors (Lipinski definition) is 4. The molecule has 244 valence electrons. The summed E-state index contributed by atoms with van der Waals surface area (Å²) in [7, 11) is 0. The highest BCUT2D eigenvalue weighted by molar-refractivity contribution is 6.05. The third-order valence-corrected chi connectivity index (χ3v) is 8.43. The molecule has 5 N–H and O–H groups in total. The normalized spacial score (nSPS) is 14.0. The van der Waals surface area contributed by atoms with Crippen molar-refractivity contribution in [1.82, 2.24) is 29.4 Å². The Morgan fingerprint density at radius 1 is 0.979 bits per heavy atom. The number of amides is 1. The van der Waals surface area contributed by atoms with Crippen molar-refractivity contribution in [3.8, 4) is 11.4 Å². The predicted molar refractivity (Wildman–Crippen MR) is 184 cm³/mol. The molecule has 3 heterocycles. The molecular formula is C35H41N9O3. The number of nitrogen functional groups attached to an aromatic ring is 1. The van der Waals surface area contributed by atoms with Crippen molar-refractivity contribution in [3.63, 3.8) is 0 Å². The average molecular weight is 636 g/mol. The van der Waals surface area contributed by atoms with Crippen molar-refractivity contribution >= 4 is 40.2 Å². The van der Waals surface area contributed by atoms with Crippen LogP contribution < -0.4 is 16.4 Å². The molecule has 0 saturated carbocycles. The number of nitrogens with zero attached hydrogens (tertiary/aromatic N) is 6. The topological polar surface area (TPSA) is 156 Å². The maximum Gasteiger partial charge on any atom is 0.255 e. The highest BCUT2D eigenvalue weighted by Crippen LogP contribution is 2.30. The van der Waals surface area contributed by atoms with E-state index in [2.05, 4.69) is 55.8 Å². The van der Waals surface area contributed by atoms with Gasteiger partial charge in [0, 0.05) is 54.2 Å². The Morgan fingerprint density at radius 2 is 1.74 bits per heavy atom. The first-order chi connectivity index (χ1) is 22.6. The fraction of sp³-hybridized carbons (Fsp3) is 0.343. The van der Waals surface area contributed by atoms with E-state index in [0.29, 0.717) is 22.4 Å². The molecular weight excluding hydrogens is 594 g/mol.